The number of piperazine rings is 1. The van der Waals surface area contributed by atoms with Crippen LogP contribution in [0.1, 0.15) is 32.6 Å². The zero-order valence-corrected chi connectivity index (χ0v) is 13.4. The van der Waals surface area contributed by atoms with Crippen molar-refractivity contribution in [2.75, 3.05) is 39.3 Å². The molecule has 0 aliphatic carbocycles. The highest BCUT2D eigenvalue weighted by atomic mass is 19.4. The van der Waals surface area contributed by atoms with Crippen molar-refractivity contribution in [3.05, 3.63) is 0 Å². The molecule has 2 rings (SSSR count). The molecule has 2 fully saturated rings. The van der Waals surface area contributed by atoms with Crippen LogP contribution in [0.2, 0.25) is 0 Å². The quantitative estimate of drug-likeness (QED) is 0.782. The molecular weight excluding hydrogens is 311 g/mol. The zero-order valence-electron chi connectivity index (χ0n) is 13.4. The molecule has 5 nitrogen and oxygen atoms in total. The normalized spacial score (nSPS) is 21.6. The number of hydrogen-bond acceptors (Lipinski definition) is 3. The second-order valence-corrected chi connectivity index (χ2v) is 6.24. The number of carbonyl (C=O) groups excluding carboxylic acids is 2. The molecule has 8 heteroatoms. The van der Waals surface area contributed by atoms with Gasteiger partial charge in [0.25, 0.3) is 0 Å². The summed E-state index contributed by atoms with van der Waals surface area (Å²) in [6.07, 6.45) is -3.78. The van der Waals surface area contributed by atoms with Crippen LogP contribution in [0.25, 0.3) is 0 Å². The smallest absolute Gasteiger partial charge is 0.341 e. The third-order valence-electron chi connectivity index (χ3n) is 4.61. The van der Waals surface area contributed by atoms with Crippen LogP contribution in [-0.4, -0.2) is 78.0 Å². The van der Waals surface area contributed by atoms with Crippen LogP contribution in [-0.2, 0) is 9.59 Å². The van der Waals surface area contributed by atoms with Gasteiger partial charge in [0.2, 0.25) is 11.8 Å². The minimum atomic E-state index is -4.30. The summed E-state index contributed by atoms with van der Waals surface area (Å²) in [7, 11) is 0. The maximum atomic E-state index is 12.4. The minimum absolute atomic E-state index is 0.111. The summed E-state index contributed by atoms with van der Waals surface area (Å²) < 4.78 is 36.5. The van der Waals surface area contributed by atoms with Crippen LogP contribution in [0.5, 0.6) is 0 Å². The molecule has 0 aromatic heterocycles. The fourth-order valence-corrected chi connectivity index (χ4v) is 3.12. The minimum Gasteiger partial charge on any atom is -0.341 e. The van der Waals surface area contributed by atoms with Gasteiger partial charge >= 0.3 is 6.18 Å². The molecule has 2 amide bonds. The van der Waals surface area contributed by atoms with Crippen molar-refractivity contribution in [2.24, 2.45) is 0 Å². The lowest BCUT2D eigenvalue weighted by molar-refractivity contribution is -0.150. The number of likely N-dealkylation sites (tertiary alicyclic amines) is 1. The second kappa shape index (κ2) is 7.51. The van der Waals surface area contributed by atoms with Gasteiger partial charge in [-0.2, -0.15) is 13.2 Å². The Morgan fingerprint density at radius 3 is 2.04 bits per heavy atom. The highest BCUT2D eigenvalue weighted by Crippen LogP contribution is 2.22. The predicted molar refractivity (Wildman–Crippen MR) is 78.7 cm³/mol. The average molecular weight is 335 g/mol. The molecular formula is C15H24F3N3O2. The highest BCUT2D eigenvalue weighted by molar-refractivity contribution is 5.81. The van der Waals surface area contributed by atoms with Gasteiger partial charge in [-0.3, -0.25) is 14.5 Å². The fraction of sp³-hybridized carbons (Fsp3) is 0.867. The molecule has 2 saturated heterocycles. The Hall–Kier alpha value is -1.31. The van der Waals surface area contributed by atoms with Gasteiger partial charge in [-0.05, 0) is 19.8 Å². The van der Waals surface area contributed by atoms with E-state index in [0.29, 0.717) is 26.2 Å². The zero-order chi connectivity index (χ0) is 17.0. The Morgan fingerprint density at radius 2 is 1.52 bits per heavy atom. The molecule has 0 aromatic carbocycles. The molecule has 2 aliphatic heterocycles. The maximum Gasteiger partial charge on any atom is 0.389 e. The van der Waals surface area contributed by atoms with Gasteiger partial charge in [0.05, 0.1) is 12.5 Å². The number of alkyl halides is 3. The molecule has 0 bridgehead atoms. The Morgan fingerprint density at radius 1 is 0.957 bits per heavy atom. The van der Waals surface area contributed by atoms with E-state index in [-0.39, 0.29) is 11.9 Å². The van der Waals surface area contributed by atoms with Crippen molar-refractivity contribution in [2.45, 2.75) is 44.8 Å². The van der Waals surface area contributed by atoms with E-state index < -0.39 is 24.9 Å². The summed E-state index contributed by atoms with van der Waals surface area (Å²) in [5.41, 5.74) is 0. The summed E-state index contributed by atoms with van der Waals surface area (Å²) in [6, 6.07) is -0.236. The van der Waals surface area contributed by atoms with E-state index in [1.165, 1.54) is 4.90 Å². The molecule has 0 aromatic rings. The molecule has 0 spiro atoms. The van der Waals surface area contributed by atoms with E-state index in [0.717, 1.165) is 25.9 Å². The van der Waals surface area contributed by atoms with Crippen LogP contribution >= 0.6 is 0 Å². The third-order valence-corrected chi connectivity index (χ3v) is 4.61. The summed E-state index contributed by atoms with van der Waals surface area (Å²) in [5.74, 6) is -0.347. The lowest BCUT2D eigenvalue weighted by Gasteiger charge is -2.38. The van der Waals surface area contributed by atoms with Gasteiger partial charge in [0.1, 0.15) is 0 Å². The number of nitrogens with zero attached hydrogens (tertiary/aromatic N) is 3. The number of hydrogen-bond donors (Lipinski definition) is 0. The van der Waals surface area contributed by atoms with E-state index in [4.69, 9.17) is 0 Å². The van der Waals surface area contributed by atoms with Crippen LogP contribution < -0.4 is 0 Å². The first kappa shape index (κ1) is 18.0. The van der Waals surface area contributed by atoms with E-state index in [9.17, 15) is 22.8 Å². The maximum absolute atomic E-state index is 12.4. The van der Waals surface area contributed by atoms with E-state index in [1.807, 2.05) is 16.7 Å². The molecule has 2 heterocycles. The number of halogens is 3. The summed E-state index contributed by atoms with van der Waals surface area (Å²) in [6.45, 7) is 5.29. The molecule has 1 atom stereocenters. The van der Waals surface area contributed by atoms with Crippen molar-refractivity contribution in [1.82, 2.24) is 14.7 Å². The van der Waals surface area contributed by atoms with Crippen LogP contribution in [0.3, 0.4) is 0 Å². The van der Waals surface area contributed by atoms with Crippen molar-refractivity contribution in [1.29, 1.82) is 0 Å². The SMILES string of the molecule is CC(C(=O)N1CCCC1)N1CCN(C(=O)CCC(F)(F)F)CC1. The van der Waals surface area contributed by atoms with E-state index in [1.54, 1.807) is 0 Å². The van der Waals surface area contributed by atoms with Gasteiger partial charge in [0, 0.05) is 45.7 Å². The summed E-state index contributed by atoms with van der Waals surface area (Å²) in [5, 5.41) is 0. The van der Waals surface area contributed by atoms with E-state index in [2.05, 4.69) is 0 Å². The van der Waals surface area contributed by atoms with Crippen LogP contribution in [0.15, 0.2) is 0 Å². The van der Waals surface area contributed by atoms with Crippen molar-refractivity contribution in [3.63, 3.8) is 0 Å². The third kappa shape index (κ3) is 5.09. The molecule has 0 saturated carbocycles. The standard InChI is InChI=1S/C15H24F3N3O2/c1-12(14(23)21-6-2-3-7-21)19-8-10-20(11-9-19)13(22)4-5-15(16,17)18/h12H,2-11H2,1H3. The van der Waals surface area contributed by atoms with Crippen LogP contribution in [0.4, 0.5) is 13.2 Å². The monoisotopic (exact) mass is 335 g/mol. The van der Waals surface area contributed by atoms with Crippen molar-refractivity contribution >= 4 is 11.8 Å². The van der Waals surface area contributed by atoms with Gasteiger partial charge in [-0.25, -0.2) is 0 Å². The molecule has 1 unspecified atom stereocenters. The predicted octanol–water partition coefficient (Wildman–Crippen LogP) is 1.48. The van der Waals surface area contributed by atoms with Crippen molar-refractivity contribution in [3.8, 4) is 0 Å². The molecule has 2 aliphatic rings. The van der Waals surface area contributed by atoms with Gasteiger partial charge in [-0.1, -0.05) is 0 Å². The lowest BCUT2D eigenvalue weighted by Crippen LogP contribution is -2.55. The van der Waals surface area contributed by atoms with Gasteiger partial charge in [-0.15, -0.1) is 0 Å². The molecule has 132 valence electrons. The largest absolute Gasteiger partial charge is 0.389 e. The first-order chi connectivity index (χ1) is 10.8. The fourth-order valence-electron chi connectivity index (χ4n) is 3.12. The first-order valence-electron chi connectivity index (χ1n) is 8.15. The Balaban J connectivity index is 1.76. The summed E-state index contributed by atoms with van der Waals surface area (Å²) >= 11 is 0. The topological polar surface area (TPSA) is 43.9 Å². The summed E-state index contributed by atoms with van der Waals surface area (Å²) in [4.78, 5) is 29.5. The van der Waals surface area contributed by atoms with Crippen molar-refractivity contribution < 1.29 is 22.8 Å². The Bertz CT molecular complexity index is 428. The Kier molecular flexibility index (Phi) is 5.89. The lowest BCUT2D eigenvalue weighted by atomic mass is 10.2. The Labute approximate surface area is 134 Å². The van der Waals surface area contributed by atoms with E-state index >= 15 is 0 Å². The van der Waals surface area contributed by atoms with Gasteiger partial charge < -0.3 is 9.80 Å². The average Bonchev–Trinajstić information content (AvgIpc) is 3.05. The number of carbonyl (C=O) groups is 2. The number of rotatable bonds is 4. The first-order valence-corrected chi connectivity index (χ1v) is 8.15. The van der Waals surface area contributed by atoms with Gasteiger partial charge in [0.15, 0.2) is 0 Å². The molecule has 0 radical (unpaired) electrons. The highest BCUT2D eigenvalue weighted by Gasteiger charge is 2.32. The molecule has 0 N–H and O–H groups in total. The second-order valence-electron chi connectivity index (χ2n) is 6.24. The van der Waals surface area contributed by atoms with Crippen LogP contribution in [0, 0.1) is 0 Å². The molecule has 23 heavy (non-hydrogen) atoms. The number of amides is 2.